The Hall–Kier alpha value is -2.97. The van der Waals surface area contributed by atoms with Crippen LogP contribution in [0.1, 0.15) is 62.3 Å². The molecule has 186 valence electrons. The molecule has 2 N–H and O–H groups in total. The van der Waals surface area contributed by atoms with Crippen LogP contribution >= 0.6 is 0 Å². The first-order valence-electron chi connectivity index (χ1n) is 12.9. The summed E-state index contributed by atoms with van der Waals surface area (Å²) in [6.07, 6.45) is 10.1. The molecule has 1 atom stereocenters. The number of aryl methyl sites for hydroxylation is 1. The second-order valence-corrected chi connectivity index (χ2v) is 9.62. The van der Waals surface area contributed by atoms with Crippen molar-refractivity contribution < 1.29 is 14.4 Å². The van der Waals surface area contributed by atoms with Crippen molar-refractivity contribution in [2.24, 2.45) is 0 Å². The first-order valence-corrected chi connectivity index (χ1v) is 12.9. The Bertz CT molecular complexity index is 1110. The number of benzene rings is 1. The Morgan fingerprint density at radius 2 is 2.03 bits per heavy atom. The lowest BCUT2D eigenvalue weighted by Gasteiger charge is -2.22. The number of aromatic nitrogens is 3. The lowest BCUT2D eigenvalue weighted by molar-refractivity contribution is 0.139. The Labute approximate surface area is 206 Å². The van der Waals surface area contributed by atoms with E-state index < -0.39 is 0 Å². The number of nitrogens with one attached hydrogen (secondary N) is 1. The van der Waals surface area contributed by atoms with E-state index in [9.17, 15) is 5.11 Å². The molecule has 35 heavy (non-hydrogen) atoms. The normalized spacial score (nSPS) is 19.2. The molecule has 0 amide bonds. The zero-order valence-corrected chi connectivity index (χ0v) is 20.4. The average molecular weight is 478 g/mol. The van der Waals surface area contributed by atoms with Gasteiger partial charge in [-0.25, -0.2) is 9.97 Å². The van der Waals surface area contributed by atoms with Gasteiger partial charge in [0.05, 0.1) is 23.6 Å². The minimum absolute atomic E-state index is 0.217. The van der Waals surface area contributed by atoms with Gasteiger partial charge in [-0.15, -0.1) is 0 Å². The summed E-state index contributed by atoms with van der Waals surface area (Å²) in [5.41, 5.74) is 3.73. The first-order chi connectivity index (χ1) is 17.2. The highest BCUT2D eigenvalue weighted by Gasteiger charge is 2.26. The predicted molar refractivity (Wildman–Crippen MR) is 135 cm³/mol. The van der Waals surface area contributed by atoms with Crippen LogP contribution in [0.2, 0.25) is 0 Å². The summed E-state index contributed by atoms with van der Waals surface area (Å²) in [6, 6.07) is 10.0. The molecule has 8 nitrogen and oxygen atoms in total. The van der Waals surface area contributed by atoms with E-state index in [4.69, 9.17) is 14.2 Å². The fourth-order valence-corrected chi connectivity index (χ4v) is 5.38. The number of hydrogen-bond donors (Lipinski definition) is 2. The van der Waals surface area contributed by atoms with E-state index in [1.54, 1.807) is 6.20 Å². The molecule has 2 aromatic heterocycles. The highest BCUT2D eigenvalue weighted by Crippen LogP contribution is 2.38. The van der Waals surface area contributed by atoms with E-state index in [1.165, 1.54) is 19.3 Å². The SMILES string of the molecule is Cc1onc(C2CCCCC2)c1-c1ccnc(Nc2cccc(OCCN3CCC[C@H]3CO)c2)n1. The molecule has 2 aliphatic rings. The zero-order chi connectivity index (χ0) is 24.0. The summed E-state index contributed by atoms with van der Waals surface area (Å²) in [4.78, 5) is 11.5. The number of nitrogens with zero attached hydrogens (tertiary/aromatic N) is 4. The third kappa shape index (κ3) is 5.65. The molecule has 1 saturated carbocycles. The molecular formula is C27H35N5O3. The number of ether oxygens (including phenoxy) is 1. The fraction of sp³-hybridized carbons (Fsp3) is 0.519. The van der Waals surface area contributed by atoms with Crippen molar-refractivity contribution in [3.05, 3.63) is 48.0 Å². The summed E-state index contributed by atoms with van der Waals surface area (Å²) in [6.45, 7) is 4.60. The van der Waals surface area contributed by atoms with Gasteiger partial charge < -0.3 is 19.7 Å². The molecule has 3 heterocycles. The predicted octanol–water partition coefficient (Wildman–Crippen LogP) is 5.07. The molecule has 0 unspecified atom stereocenters. The number of likely N-dealkylation sites (tertiary alicyclic amines) is 1. The molecule has 0 bridgehead atoms. The lowest BCUT2D eigenvalue weighted by Crippen LogP contribution is -2.35. The smallest absolute Gasteiger partial charge is 0.227 e. The van der Waals surface area contributed by atoms with E-state index in [0.717, 1.165) is 72.9 Å². The van der Waals surface area contributed by atoms with Gasteiger partial charge in [-0.3, -0.25) is 4.90 Å². The molecule has 8 heteroatoms. The third-order valence-electron chi connectivity index (χ3n) is 7.24. The number of hydrogen-bond acceptors (Lipinski definition) is 8. The number of anilines is 2. The van der Waals surface area contributed by atoms with E-state index in [0.29, 0.717) is 18.5 Å². The van der Waals surface area contributed by atoms with Gasteiger partial charge in [-0.05, 0) is 57.4 Å². The Balaban J connectivity index is 1.25. The topological polar surface area (TPSA) is 96.5 Å². The molecular weight excluding hydrogens is 442 g/mol. The van der Waals surface area contributed by atoms with E-state index in [1.807, 2.05) is 37.3 Å². The van der Waals surface area contributed by atoms with Crippen molar-refractivity contribution in [1.29, 1.82) is 0 Å². The van der Waals surface area contributed by atoms with Gasteiger partial charge in [0.1, 0.15) is 18.1 Å². The molecule has 1 aromatic carbocycles. The first kappa shape index (κ1) is 23.8. The van der Waals surface area contributed by atoms with Crippen LogP contribution in [0.3, 0.4) is 0 Å². The van der Waals surface area contributed by atoms with Crippen molar-refractivity contribution >= 4 is 11.6 Å². The molecule has 2 fully saturated rings. The summed E-state index contributed by atoms with van der Waals surface area (Å²) in [5.74, 6) is 2.55. The minimum atomic E-state index is 0.217. The molecule has 5 rings (SSSR count). The molecule has 0 spiro atoms. The summed E-state index contributed by atoms with van der Waals surface area (Å²) >= 11 is 0. The van der Waals surface area contributed by atoms with Crippen molar-refractivity contribution in [2.45, 2.75) is 63.8 Å². The van der Waals surface area contributed by atoms with Crippen LogP contribution < -0.4 is 10.1 Å². The lowest BCUT2D eigenvalue weighted by atomic mass is 9.85. The summed E-state index contributed by atoms with van der Waals surface area (Å²) in [5, 5.41) is 17.2. The second-order valence-electron chi connectivity index (χ2n) is 9.62. The zero-order valence-electron chi connectivity index (χ0n) is 20.4. The Morgan fingerprint density at radius 3 is 2.89 bits per heavy atom. The number of aliphatic hydroxyl groups excluding tert-OH is 1. The van der Waals surface area contributed by atoms with Gasteiger partial charge in [0.25, 0.3) is 0 Å². The molecule has 0 radical (unpaired) electrons. The standard InChI is InChI=1S/C27H35N5O3/c1-19-25(26(31-35-19)20-7-3-2-4-8-20)24-12-13-28-27(30-24)29-21-9-5-11-23(17-21)34-16-15-32-14-6-10-22(32)18-33/h5,9,11-13,17,20,22,33H,2-4,6-8,10,14-16,18H2,1H3,(H,28,29,30)/t22-/m0/s1. The maximum absolute atomic E-state index is 9.49. The quantitative estimate of drug-likeness (QED) is 0.441. The molecule has 1 saturated heterocycles. The van der Waals surface area contributed by atoms with Gasteiger partial charge in [0.15, 0.2) is 0 Å². The second kappa shape index (κ2) is 11.2. The van der Waals surface area contributed by atoms with Crippen LogP contribution in [0.15, 0.2) is 41.1 Å². The summed E-state index contributed by atoms with van der Waals surface area (Å²) in [7, 11) is 0. The molecule has 1 aliphatic heterocycles. The van der Waals surface area contributed by atoms with Crippen molar-refractivity contribution in [3.8, 4) is 17.0 Å². The average Bonchev–Trinajstić information content (AvgIpc) is 3.51. The van der Waals surface area contributed by atoms with E-state index in [-0.39, 0.29) is 12.6 Å². The number of rotatable bonds is 9. The highest BCUT2D eigenvalue weighted by molar-refractivity contribution is 5.66. The van der Waals surface area contributed by atoms with Crippen LogP contribution in [0.4, 0.5) is 11.6 Å². The highest BCUT2D eigenvalue weighted by atomic mass is 16.5. The Morgan fingerprint density at radius 1 is 1.14 bits per heavy atom. The van der Waals surface area contributed by atoms with Crippen molar-refractivity contribution in [2.75, 3.05) is 31.6 Å². The van der Waals surface area contributed by atoms with Crippen molar-refractivity contribution in [1.82, 2.24) is 20.0 Å². The van der Waals surface area contributed by atoms with Crippen LogP contribution in [-0.2, 0) is 0 Å². The molecule has 1 aliphatic carbocycles. The maximum atomic E-state index is 9.49. The minimum Gasteiger partial charge on any atom is -0.492 e. The van der Waals surface area contributed by atoms with E-state index in [2.05, 4.69) is 20.4 Å². The Kier molecular flexibility index (Phi) is 7.59. The number of aliphatic hydroxyl groups is 1. The monoisotopic (exact) mass is 477 g/mol. The van der Waals surface area contributed by atoms with Gasteiger partial charge >= 0.3 is 0 Å². The largest absolute Gasteiger partial charge is 0.492 e. The van der Waals surface area contributed by atoms with Crippen LogP contribution in [0.25, 0.3) is 11.3 Å². The maximum Gasteiger partial charge on any atom is 0.227 e. The molecule has 3 aromatic rings. The van der Waals surface area contributed by atoms with Crippen LogP contribution in [0, 0.1) is 6.92 Å². The van der Waals surface area contributed by atoms with Crippen LogP contribution in [-0.4, -0.2) is 57.5 Å². The van der Waals surface area contributed by atoms with Crippen molar-refractivity contribution in [3.63, 3.8) is 0 Å². The van der Waals surface area contributed by atoms with Gasteiger partial charge in [0, 0.05) is 36.5 Å². The van der Waals surface area contributed by atoms with E-state index >= 15 is 0 Å². The fourth-order valence-electron chi connectivity index (χ4n) is 5.38. The van der Waals surface area contributed by atoms with Gasteiger partial charge in [-0.1, -0.05) is 30.5 Å². The van der Waals surface area contributed by atoms with Gasteiger partial charge in [-0.2, -0.15) is 0 Å². The third-order valence-corrected chi connectivity index (χ3v) is 7.24. The summed E-state index contributed by atoms with van der Waals surface area (Å²) < 4.78 is 11.6. The van der Waals surface area contributed by atoms with Crippen LogP contribution in [0.5, 0.6) is 5.75 Å². The van der Waals surface area contributed by atoms with Gasteiger partial charge in [0.2, 0.25) is 5.95 Å².